The van der Waals surface area contributed by atoms with Gasteiger partial charge in [-0.05, 0) is 45.1 Å². The minimum absolute atomic E-state index is 0.0808. The van der Waals surface area contributed by atoms with Crippen LogP contribution < -0.4 is 16.0 Å². The molecule has 1 aromatic rings. The van der Waals surface area contributed by atoms with E-state index in [1.807, 2.05) is 23.5 Å². The number of amides is 3. The van der Waals surface area contributed by atoms with Crippen molar-refractivity contribution in [1.82, 2.24) is 10.6 Å². The number of carbonyl (C=O) groups is 2. The van der Waals surface area contributed by atoms with E-state index in [-0.39, 0.29) is 5.11 Å². The first-order chi connectivity index (χ1) is 9.26. The van der Waals surface area contributed by atoms with Gasteiger partial charge in [-0.3, -0.25) is 5.32 Å². The van der Waals surface area contributed by atoms with E-state index in [0.29, 0.717) is 0 Å². The van der Waals surface area contributed by atoms with E-state index in [1.165, 1.54) is 0 Å². The molecule has 0 fully saturated rings. The molecule has 0 saturated carbocycles. The SMILES string of the molecule is CC(C)(C)OC(=O)NC(=O)NC(=S)Nc1ccccc1. The number of benzene rings is 1. The Morgan fingerprint density at radius 3 is 2.25 bits per heavy atom. The molecule has 0 atom stereocenters. The van der Waals surface area contributed by atoms with Crippen molar-refractivity contribution in [1.29, 1.82) is 0 Å². The van der Waals surface area contributed by atoms with Gasteiger partial charge < -0.3 is 10.1 Å². The molecule has 0 aromatic heterocycles. The van der Waals surface area contributed by atoms with E-state index in [4.69, 9.17) is 17.0 Å². The summed E-state index contributed by atoms with van der Waals surface area (Å²) in [6, 6.07) is 8.33. The third-order valence-corrected chi connectivity index (χ3v) is 2.08. The van der Waals surface area contributed by atoms with E-state index in [0.717, 1.165) is 5.69 Å². The van der Waals surface area contributed by atoms with Gasteiger partial charge in [-0.25, -0.2) is 14.9 Å². The second-order valence-electron chi connectivity index (χ2n) is 4.90. The Morgan fingerprint density at radius 2 is 1.70 bits per heavy atom. The lowest BCUT2D eigenvalue weighted by Gasteiger charge is -2.19. The number of anilines is 1. The molecule has 3 N–H and O–H groups in total. The molecular weight excluding hydrogens is 278 g/mol. The second-order valence-corrected chi connectivity index (χ2v) is 5.31. The van der Waals surface area contributed by atoms with Gasteiger partial charge in [0.25, 0.3) is 0 Å². The standard InChI is InChI=1S/C13H17N3O3S/c1-13(2,3)19-12(18)16-10(17)15-11(20)14-9-7-5-4-6-8-9/h4-8H,1-3H3,(H3,14,15,16,17,18,20). The number of alkyl carbamates (subject to hydrolysis) is 1. The van der Waals surface area contributed by atoms with Crippen LogP contribution >= 0.6 is 12.2 Å². The van der Waals surface area contributed by atoms with Crippen LogP contribution in [0.25, 0.3) is 0 Å². The maximum Gasteiger partial charge on any atom is 0.415 e. The highest BCUT2D eigenvalue weighted by molar-refractivity contribution is 7.80. The van der Waals surface area contributed by atoms with Gasteiger partial charge in [-0.15, -0.1) is 0 Å². The molecule has 0 unspecified atom stereocenters. The zero-order valence-electron chi connectivity index (χ0n) is 11.5. The first-order valence-corrected chi connectivity index (χ1v) is 6.34. The first kappa shape index (κ1) is 15.9. The lowest BCUT2D eigenvalue weighted by atomic mass is 10.2. The summed E-state index contributed by atoms with van der Waals surface area (Å²) >= 11 is 4.94. The van der Waals surface area contributed by atoms with Gasteiger partial charge in [0.15, 0.2) is 5.11 Å². The molecule has 0 aliphatic rings. The van der Waals surface area contributed by atoms with Gasteiger partial charge in [-0.1, -0.05) is 18.2 Å². The van der Waals surface area contributed by atoms with Crippen molar-refractivity contribution in [2.24, 2.45) is 0 Å². The van der Waals surface area contributed by atoms with Gasteiger partial charge in [0.1, 0.15) is 5.60 Å². The molecular formula is C13H17N3O3S. The molecule has 3 amide bonds. The highest BCUT2D eigenvalue weighted by atomic mass is 32.1. The molecule has 6 nitrogen and oxygen atoms in total. The third kappa shape index (κ3) is 6.69. The molecule has 0 radical (unpaired) electrons. The van der Waals surface area contributed by atoms with Crippen LogP contribution in [0.15, 0.2) is 30.3 Å². The molecule has 1 aromatic carbocycles. The number of hydrogen-bond acceptors (Lipinski definition) is 4. The molecule has 1 rings (SSSR count). The van der Waals surface area contributed by atoms with Crippen LogP contribution in [0.3, 0.4) is 0 Å². The summed E-state index contributed by atoms with van der Waals surface area (Å²) in [5.41, 5.74) is 0.0581. The van der Waals surface area contributed by atoms with Crippen LogP contribution in [-0.2, 0) is 4.74 Å². The van der Waals surface area contributed by atoms with Crippen LogP contribution in [0.2, 0.25) is 0 Å². The molecule has 0 aliphatic heterocycles. The monoisotopic (exact) mass is 295 g/mol. The highest BCUT2D eigenvalue weighted by Crippen LogP contribution is 2.06. The molecule has 0 saturated heterocycles. The fraction of sp³-hybridized carbons (Fsp3) is 0.308. The second kappa shape index (κ2) is 6.85. The minimum atomic E-state index is -0.836. The number of rotatable bonds is 1. The van der Waals surface area contributed by atoms with Gasteiger partial charge in [0, 0.05) is 5.69 Å². The number of ether oxygens (including phenoxy) is 1. The van der Waals surface area contributed by atoms with Crippen LogP contribution in [0.4, 0.5) is 15.3 Å². The fourth-order valence-electron chi connectivity index (χ4n) is 1.21. The highest BCUT2D eigenvalue weighted by Gasteiger charge is 2.18. The number of urea groups is 1. The number of carbonyl (C=O) groups excluding carboxylic acids is 2. The average molecular weight is 295 g/mol. The van der Waals surface area contributed by atoms with E-state index in [2.05, 4.69) is 10.6 Å². The zero-order valence-corrected chi connectivity index (χ0v) is 12.3. The lowest BCUT2D eigenvalue weighted by molar-refractivity contribution is 0.0549. The minimum Gasteiger partial charge on any atom is -0.443 e. The number of hydrogen-bond donors (Lipinski definition) is 3. The van der Waals surface area contributed by atoms with E-state index < -0.39 is 17.7 Å². The van der Waals surface area contributed by atoms with Crippen LogP contribution in [0.5, 0.6) is 0 Å². The first-order valence-electron chi connectivity index (χ1n) is 5.93. The van der Waals surface area contributed by atoms with E-state index in [9.17, 15) is 9.59 Å². The van der Waals surface area contributed by atoms with Gasteiger partial charge in [-0.2, -0.15) is 0 Å². The Hall–Kier alpha value is -2.15. The summed E-state index contributed by atoms with van der Waals surface area (Å²) in [4.78, 5) is 22.8. The van der Waals surface area contributed by atoms with Crippen molar-refractivity contribution in [3.05, 3.63) is 30.3 Å². The number of para-hydroxylation sites is 1. The largest absolute Gasteiger partial charge is 0.443 e. The van der Waals surface area contributed by atoms with Gasteiger partial charge in [0.2, 0.25) is 0 Å². The van der Waals surface area contributed by atoms with Crippen molar-refractivity contribution in [3.8, 4) is 0 Å². The van der Waals surface area contributed by atoms with Crippen molar-refractivity contribution in [3.63, 3.8) is 0 Å². The maximum atomic E-state index is 11.5. The summed E-state index contributed by atoms with van der Waals surface area (Å²) in [6.07, 6.45) is -0.836. The average Bonchev–Trinajstić information content (AvgIpc) is 2.26. The van der Waals surface area contributed by atoms with Crippen molar-refractivity contribution in [2.75, 3.05) is 5.32 Å². The summed E-state index contributed by atoms with van der Waals surface area (Å²) < 4.78 is 4.93. The molecule has 20 heavy (non-hydrogen) atoms. The van der Waals surface area contributed by atoms with Crippen LogP contribution in [0, 0.1) is 0 Å². The zero-order chi connectivity index (χ0) is 15.2. The van der Waals surface area contributed by atoms with E-state index >= 15 is 0 Å². The smallest absolute Gasteiger partial charge is 0.415 e. The number of thiocarbonyl (C=S) groups is 1. The number of imide groups is 1. The van der Waals surface area contributed by atoms with Crippen LogP contribution in [-0.4, -0.2) is 22.8 Å². The molecule has 0 aliphatic carbocycles. The maximum absolute atomic E-state index is 11.5. The normalized spacial score (nSPS) is 10.3. The van der Waals surface area contributed by atoms with Crippen LogP contribution in [0.1, 0.15) is 20.8 Å². The molecule has 0 bridgehead atoms. The van der Waals surface area contributed by atoms with E-state index in [1.54, 1.807) is 32.9 Å². The third-order valence-electron chi connectivity index (χ3n) is 1.87. The Kier molecular flexibility index (Phi) is 5.45. The summed E-state index contributed by atoms with van der Waals surface area (Å²) in [5, 5.41) is 7.21. The Bertz CT molecular complexity index is 497. The predicted octanol–water partition coefficient (Wildman–Crippen LogP) is 2.62. The Balaban J connectivity index is 2.39. The topological polar surface area (TPSA) is 79.5 Å². The molecule has 0 heterocycles. The van der Waals surface area contributed by atoms with Crippen molar-refractivity contribution in [2.45, 2.75) is 26.4 Å². The lowest BCUT2D eigenvalue weighted by Crippen LogP contribution is -2.45. The van der Waals surface area contributed by atoms with Crippen molar-refractivity contribution >= 4 is 35.1 Å². The van der Waals surface area contributed by atoms with Gasteiger partial charge in [0.05, 0.1) is 0 Å². The molecule has 0 spiro atoms. The molecule has 7 heteroatoms. The Morgan fingerprint density at radius 1 is 1.10 bits per heavy atom. The summed E-state index contributed by atoms with van der Waals surface area (Å²) in [7, 11) is 0. The number of nitrogens with one attached hydrogen (secondary N) is 3. The predicted molar refractivity (Wildman–Crippen MR) is 80.6 cm³/mol. The fourth-order valence-corrected chi connectivity index (χ4v) is 1.43. The summed E-state index contributed by atoms with van der Waals surface area (Å²) in [5.74, 6) is 0. The summed E-state index contributed by atoms with van der Waals surface area (Å²) in [6.45, 7) is 5.10. The Labute approximate surface area is 122 Å². The van der Waals surface area contributed by atoms with Gasteiger partial charge >= 0.3 is 12.1 Å². The van der Waals surface area contributed by atoms with Crippen molar-refractivity contribution < 1.29 is 14.3 Å². The molecule has 108 valence electrons. The quantitative estimate of drug-likeness (QED) is 0.694.